The Bertz CT molecular complexity index is 198. The minimum atomic E-state index is 0.0575. The van der Waals surface area contributed by atoms with Crippen LogP contribution >= 0.6 is 11.8 Å². The van der Waals surface area contributed by atoms with Gasteiger partial charge < -0.3 is 10.9 Å². The van der Waals surface area contributed by atoms with Gasteiger partial charge in [-0.3, -0.25) is 4.90 Å². The molecule has 0 aromatic rings. The number of rotatable bonds is 3. The van der Waals surface area contributed by atoms with Crippen LogP contribution < -0.4 is 5.73 Å². The Morgan fingerprint density at radius 1 is 1.77 bits per heavy atom. The molecule has 76 valence electrons. The summed E-state index contributed by atoms with van der Waals surface area (Å²) in [5, 5.41) is 12.3. The van der Waals surface area contributed by atoms with Crippen LogP contribution in [0.5, 0.6) is 0 Å². The van der Waals surface area contributed by atoms with Crippen molar-refractivity contribution in [2.45, 2.75) is 24.6 Å². The molecule has 1 rings (SSSR count). The highest BCUT2D eigenvalue weighted by Gasteiger charge is 2.27. The molecule has 0 radical (unpaired) electrons. The minimum Gasteiger partial charge on any atom is -0.409 e. The Kier molecular flexibility index (Phi) is 3.87. The van der Waals surface area contributed by atoms with Crippen LogP contribution in [0.4, 0.5) is 0 Å². The molecule has 3 N–H and O–H groups in total. The summed E-state index contributed by atoms with van der Waals surface area (Å²) in [6.07, 6.45) is 3.33. The Labute approximate surface area is 83.2 Å². The third kappa shape index (κ3) is 2.51. The second-order valence-electron chi connectivity index (χ2n) is 3.34. The number of nitrogens with two attached hydrogens (primary N) is 1. The lowest BCUT2D eigenvalue weighted by molar-refractivity contribution is 0.286. The van der Waals surface area contributed by atoms with Gasteiger partial charge >= 0.3 is 0 Å². The third-order valence-corrected chi connectivity index (χ3v) is 3.65. The second-order valence-corrected chi connectivity index (χ2v) is 4.48. The van der Waals surface area contributed by atoms with Gasteiger partial charge in [0.1, 0.15) is 0 Å². The second kappa shape index (κ2) is 4.72. The zero-order valence-electron chi connectivity index (χ0n) is 8.10. The number of nitrogens with zero attached hydrogens (tertiary/aromatic N) is 2. The fourth-order valence-corrected chi connectivity index (χ4v) is 2.25. The highest BCUT2D eigenvalue weighted by atomic mass is 32.2. The molecule has 1 heterocycles. The molecule has 1 fully saturated rings. The summed E-state index contributed by atoms with van der Waals surface area (Å²) in [5.74, 6) is 0.307. The first-order chi connectivity index (χ1) is 6.19. The van der Waals surface area contributed by atoms with Gasteiger partial charge in [0, 0.05) is 18.3 Å². The van der Waals surface area contributed by atoms with E-state index in [9.17, 15) is 0 Å². The number of hydrogen-bond donors (Lipinski definition) is 2. The summed E-state index contributed by atoms with van der Waals surface area (Å²) in [6, 6.07) is 0.0575. The number of likely N-dealkylation sites (tertiary alicyclic amines) is 1. The largest absolute Gasteiger partial charge is 0.409 e. The first kappa shape index (κ1) is 10.7. The van der Waals surface area contributed by atoms with Crippen LogP contribution in [0.25, 0.3) is 0 Å². The Morgan fingerprint density at radius 2 is 2.46 bits per heavy atom. The van der Waals surface area contributed by atoms with Crippen LogP contribution in [0.2, 0.25) is 0 Å². The van der Waals surface area contributed by atoms with E-state index >= 15 is 0 Å². The molecule has 2 unspecified atom stereocenters. The van der Waals surface area contributed by atoms with Crippen molar-refractivity contribution in [1.29, 1.82) is 0 Å². The van der Waals surface area contributed by atoms with Crippen molar-refractivity contribution in [3.8, 4) is 0 Å². The molecule has 4 nitrogen and oxygen atoms in total. The summed E-state index contributed by atoms with van der Waals surface area (Å²) in [5.41, 5.74) is 5.53. The molecule has 0 aromatic heterocycles. The highest BCUT2D eigenvalue weighted by Crippen LogP contribution is 2.21. The van der Waals surface area contributed by atoms with E-state index in [1.807, 2.05) is 18.7 Å². The number of hydrogen-bond acceptors (Lipinski definition) is 4. The molecule has 0 aromatic carbocycles. The maximum Gasteiger partial charge on any atom is 0.156 e. The van der Waals surface area contributed by atoms with Gasteiger partial charge in [-0.05, 0) is 19.6 Å². The van der Waals surface area contributed by atoms with E-state index in [-0.39, 0.29) is 6.04 Å². The monoisotopic (exact) mass is 203 g/mol. The topological polar surface area (TPSA) is 61.8 Å². The summed E-state index contributed by atoms with van der Waals surface area (Å²) in [6.45, 7) is 4.05. The van der Waals surface area contributed by atoms with Gasteiger partial charge in [0.25, 0.3) is 0 Å². The van der Waals surface area contributed by atoms with Gasteiger partial charge in [0.2, 0.25) is 0 Å². The van der Waals surface area contributed by atoms with Crippen molar-refractivity contribution >= 4 is 17.6 Å². The van der Waals surface area contributed by atoms with E-state index in [2.05, 4.69) is 16.3 Å². The Morgan fingerprint density at radius 3 is 2.92 bits per heavy atom. The first-order valence-corrected chi connectivity index (χ1v) is 5.72. The van der Waals surface area contributed by atoms with Crippen LogP contribution in [0.1, 0.15) is 13.3 Å². The molecule has 0 amide bonds. The fraction of sp³-hybridized carbons (Fsp3) is 0.875. The average molecular weight is 203 g/mol. The molecular formula is C8H17N3OS. The predicted molar refractivity (Wildman–Crippen MR) is 56.4 cm³/mol. The molecule has 5 heteroatoms. The van der Waals surface area contributed by atoms with Crippen molar-refractivity contribution in [2.24, 2.45) is 10.9 Å². The lowest BCUT2D eigenvalue weighted by Crippen LogP contribution is -2.41. The summed E-state index contributed by atoms with van der Waals surface area (Å²) in [4.78, 5) is 2.25. The lowest BCUT2D eigenvalue weighted by Gasteiger charge is -2.22. The van der Waals surface area contributed by atoms with Crippen LogP contribution in [0.3, 0.4) is 0 Å². The van der Waals surface area contributed by atoms with E-state index in [0.717, 1.165) is 13.1 Å². The zero-order valence-corrected chi connectivity index (χ0v) is 8.92. The van der Waals surface area contributed by atoms with Crippen LogP contribution in [-0.4, -0.2) is 46.6 Å². The molecular weight excluding hydrogens is 186 g/mol. The van der Waals surface area contributed by atoms with Crippen LogP contribution in [0, 0.1) is 0 Å². The number of thioether (sulfide) groups is 1. The van der Waals surface area contributed by atoms with Crippen LogP contribution in [-0.2, 0) is 0 Å². The van der Waals surface area contributed by atoms with E-state index in [4.69, 9.17) is 10.9 Å². The molecule has 0 saturated carbocycles. The average Bonchev–Trinajstić information content (AvgIpc) is 2.63. The van der Waals surface area contributed by atoms with Crippen LogP contribution in [0.15, 0.2) is 5.16 Å². The molecule has 1 aliphatic heterocycles. The summed E-state index contributed by atoms with van der Waals surface area (Å²) >= 11 is 1.89. The standard InChI is InChI=1S/C8H17N3OS/c1-6(8(9)10-12)11-4-3-7(5-11)13-2/h6-7,12H,3-5H2,1-2H3,(H2,9,10). The number of oxime groups is 1. The van der Waals surface area contributed by atoms with Crippen molar-refractivity contribution in [3.05, 3.63) is 0 Å². The molecule has 1 aliphatic rings. The van der Waals surface area contributed by atoms with Crippen molar-refractivity contribution in [1.82, 2.24) is 4.90 Å². The van der Waals surface area contributed by atoms with E-state index in [1.165, 1.54) is 6.42 Å². The van der Waals surface area contributed by atoms with Gasteiger partial charge in [0.15, 0.2) is 5.84 Å². The molecule has 0 spiro atoms. The van der Waals surface area contributed by atoms with E-state index < -0.39 is 0 Å². The smallest absolute Gasteiger partial charge is 0.156 e. The van der Waals surface area contributed by atoms with Gasteiger partial charge in [-0.2, -0.15) is 11.8 Å². The molecule has 13 heavy (non-hydrogen) atoms. The lowest BCUT2D eigenvalue weighted by atomic mass is 10.3. The maximum absolute atomic E-state index is 8.52. The first-order valence-electron chi connectivity index (χ1n) is 4.43. The van der Waals surface area contributed by atoms with Gasteiger partial charge in [0.05, 0.1) is 6.04 Å². The quantitative estimate of drug-likeness (QED) is 0.304. The van der Waals surface area contributed by atoms with Crippen molar-refractivity contribution < 1.29 is 5.21 Å². The SMILES string of the molecule is CSC1CCN(C(C)/C(N)=N/O)C1. The third-order valence-electron chi connectivity index (χ3n) is 2.60. The summed E-state index contributed by atoms with van der Waals surface area (Å²) < 4.78 is 0. The van der Waals surface area contributed by atoms with Gasteiger partial charge in [-0.1, -0.05) is 5.16 Å². The predicted octanol–water partition coefficient (Wildman–Crippen LogP) is 0.559. The summed E-state index contributed by atoms with van der Waals surface area (Å²) in [7, 11) is 0. The maximum atomic E-state index is 8.52. The van der Waals surface area contributed by atoms with Gasteiger partial charge in [-0.25, -0.2) is 0 Å². The molecule has 2 atom stereocenters. The Balaban J connectivity index is 2.46. The Hall–Kier alpha value is -0.420. The van der Waals surface area contributed by atoms with E-state index in [1.54, 1.807) is 0 Å². The van der Waals surface area contributed by atoms with E-state index in [0.29, 0.717) is 11.1 Å². The van der Waals surface area contributed by atoms with Crippen molar-refractivity contribution in [2.75, 3.05) is 19.3 Å². The molecule has 1 saturated heterocycles. The highest BCUT2D eigenvalue weighted by molar-refractivity contribution is 7.99. The molecule has 0 bridgehead atoms. The number of amidine groups is 1. The van der Waals surface area contributed by atoms with Gasteiger partial charge in [-0.15, -0.1) is 0 Å². The minimum absolute atomic E-state index is 0.0575. The molecule has 0 aliphatic carbocycles. The fourth-order valence-electron chi connectivity index (χ4n) is 1.57. The normalized spacial score (nSPS) is 27.8. The van der Waals surface area contributed by atoms with Crippen molar-refractivity contribution in [3.63, 3.8) is 0 Å². The zero-order chi connectivity index (χ0) is 9.84.